The Balaban J connectivity index is 2.98. The van der Waals surface area contributed by atoms with Crippen LogP contribution in [-0.4, -0.2) is 15.8 Å². The van der Waals surface area contributed by atoms with E-state index in [1.54, 1.807) is 16.8 Å². The van der Waals surface area contributed by atoms with Crippen LogP contribution in [0.4, 0.5) is 0 Å². The first-order valence-corrected chi connectivity index (χ1v) is 6.67. The third-order valence-electron chi connectivity index (χ3n) is 2.13. The van der Waals surface area contributed by atoms with Gasteiger partial charge in [-0.15, -0.1) is 11.3 Å². The fraction of sp³-hybridized carbons (Fsp3) is 0.636. The van der Waals surface area contributed by atoms with Crippen molar-refractivity contribution in [1.82, 2.24) is 4.98 Å². The standard InChI is InChI=1S/C11H16BrNO2S/c1-10(2,12)5-8-9(13-6-16-8)11(3,4)15-7-14/h6-7H,5H2,1-4H3. The molecule has 0 unspecified atom stereocenters. The van der Waals surface area contributed by atoms with E-state index in [4.69, 9.17) is 4.74 Å². The van der Waals surface area contributed by atoms with Gasteiger partial charge in [0, 0.05) is 9.20 Å². The first kappa shape index (κ1) is 13.6. The maximum absolute atomic E-state index is 10.5. The third-order valence-corrected chi connectivity index (χ3v) is 3.25. The van der Waals surface area contributed by atoms with E-state index in [-0.39, 0.29) is 4.32 Å². The van der Waals surface area contributed by atoms with Crippen LogP contribution in [0.2, 0.25) is 0 Å². The fourth-order valence-corrected chi connectivity index (χ4v) is 3.05. The molecule has 0 N–H and O–H groups in total. The van der Waals surface area contributed by atoms with Crippen molar-refractivity contribution in [3.63, 3.8) is 0 Å². The Kier molecular flexibility index (Phi) is 4.12. The molecule has 1 aromatic rings. The summed E-state index contributed by atoms with van der Waals surface area (Å²) in [5.74, 6) is 0. The van der Waals surface area contributed by atoms with E-state index in [9.17, 15) is 4.79 Å². The molecule has 90 valence electrons. The molecule has 0 fully saturated rings. The molecule has 0 saturated heterocycles. The molecule has 1 aromatic heterocycles. The zero-order chi connectivity index (χ0) is 12.4. The second-order valence-corrected chi connectivity index (χ2v) is 7.83. The quantitative estimate of drug-likeness (QED) is 0.619. The Bertz CT molecular complexity index is 368. The van der Waals surface area contributed by atoms with Gasteiger partial charge >= 0.3 is 0 Å². The molecule has 0 radical (unpaired) electrons. The lowest BCUT2D eigenvalue weighted by atomic mass is 9.99. The minimum Gasteiger partial charge on any atom is -0.455 e. The Labute approximate surface area is 108 Å². The summed E-state index contributed by atoms with van der Waals surface area (Å²) in [7, 11) is 0. The van der Waals surface area contributed by atoms with Crippen molar-refractivity contribution in [3.8, 4) is 0 Å². The van der Waals surface area contributed by atoms with Crippen molar-refractivity contribution < 1.29 is 9.53 Å². The molecule has 3 nitrogen and oxygen atoms in total. The van der Waals surface area contributed by atoms with Gasteiger partial charge in [0.2, 0.25) is 0 Å². The first-order valence-electron chi connectivity index (χ1n) is 4.99. The molecule has 0 spiro atoms. The number of carbonyl (C=O) groups is 1. The first-order chi connectivity index (χ1) is 7.26. The maximum Gasteiger partial charge on any atom is 0.294 e. The van der Waals surface area contributed by atoms with Crippen molar-refractivity contribution >= 4 is 33.7 Å². The Hall–Kier alpha value is -0.420. The van der Waals surface area contributed by atoms with E-state index in [0.29, 0.717) is 6.47 Å². The van der Waals surface area contributed by atoms with Crippen LogP contribution in [0.1, 0.15) is 38.3 Å². The van der Waals surface area contributed by atoms with Crippen molar-refractivity contribution in [1.29, 1.82) is 0 Å². The highest BCUT2D eigenvalue weighted by molar-refractivity contribution is 9.10. The normalized spacial score (nSPS) is 12.6. The van der Waals surface area contributed by atoms with Gasteiger partial charge in [-0.1, -0.05) is 15.9 Å². The second-order valence-electron chi connectivity index (χ2n) is 4.74. The lowest BCUT2D eigenvalue weighted by molar-refractivity contribution is -0.141. The minimum absolute atomic E-state index is 0.0194. The van der Waals surface area contributed by atoms with Crippen LogP contribution in [0.25, 0.3) is 0 Å². The van der Waals surface area contributed by atoms with E-state index >= 15 is 0 Å². The molecule has 0 bridgehead atoms. The average Bonchev–Trinajstić information content (AvgIpc) is 2.49. The van der Waals surface area contributed by atoms with Crippen molar-refractivity contribution in [3.05, 3.63) is 16.1 Å². The van der Waals surface area contributed by atoms with Gasteiger partial charge in [0.05, 0.1) is 11.2 Å². The highest BCUT2D eigenvalue weighted by Gasteiger charge is 2.29. The highest BCUT2D eigenvalue weighted by atomic mass is 79.9. The summed E-state index contributed by atoms with van der Waals surface area (Å²) in [4.78, 5) is 15.9. The molecule has 1 rings (SSSR count). The number of halogens is 1. The van der Waals surface area contributed by atoms with Gasteiger partial charge in [-0.3, -0.25) is 4.79 Å². The van der Waals surface area contributed by atoms with Gasteiger partial charge in [-0.25, -0.2) is 4.98 Å². The number of hydrogen-bond acceptors (Lipinski definition) is 4. The van der Waals surface area contributed by atoms with Crippen LogP contribution in [0.15, 0.2) is 5.51 Å². The van der Waals surface area contributed by atoms with E-state index in [0.717, 1.165) is 17.0 Å². The number of hydrogen-bond donors (Lipinski definition) is 0. The average molecular weight is 306 g/mol. The van der Waals surface area contributed by atoms with E-state index in [1.807, 2.05) is 13.8 Å². The van der Waals surface area contributed by atoms with Crippen LogP contribution >= 0.6 is 27.3 Å². The number of ether oxygens (including phenoxy) is 1. The molecular formula is C11H16BrNO2S. The topological polar surface area (TPSA) is 39.2 Å². The smallest absolute Gasteiger partial charge is 0.294 e. The fourth-order valence-electron chi connectivity index (χ4n) is 1.44. The molecule has 0 aliphatic rings. The summed E-state index contributed by atoms with van der Waals surface area (Å²) in [5, 5.41) is 0. The van der Waals surface area contributed by atoms with Crippen LogP contribution in [0.5, 0.6) is 0 Å². The molecular weight excluding hydrogens is 290 g/mol. The van der Waals surface area contributed by atoms with Crippen LogP contribution in [0.3, 0.4) is 0 Å². The summed E-state index contributed by atoms with van der Waals surface area (Å²) in [5.41, 5.74) is 1.98. The molecule has 5 heteroatoms. The molecule has 0 atom stereocenters. The van der Waals surface area contributed by atoms with Gasteiger partial charge in [-0.05, 0) is 34.1 Å². The SMILES string of the molecule is CC(C)(Br)Cc1scnc1C(C)(C)OC=O. The Morgan fingerprint density at radius 3 is 2.62 bits per heavy atom. The number of thiazole rings is 1. The lowest BCUT2D eigenvalue weighted by Crippen LogP contribution is -2.24. The van der Waals surface area contributed by atoms with Crippen molar-refractivity contribution in [2.75, 3.05) is 0 Å². The Morgan fingerprint density at radius 2 is 2.12 bits per heavy atom. The Morgan fingerprint density at radius 1 is 1.50 bits per heavy atom. The number of carbonyl (C=O) groups excluding carboxylic acids is 1. The second kappa shape index (κ2) is 4.84. The van der Waals surface area contributed by atoms with Gasteiger partial charge in [0.1, 0.15) is 5.60 Å². The largest absolute Gasteiger partial charge is 0.455 e. The molecule has 1 heterocycles. The zero-order valence-electron chi connectivity index (χ0n) is 9.91. The monoisotopic (exact) mass is 305 g/mol. The molecule has 0 aliphatic heterocycles. The number of nitrogens with zero attached hydrogens (tertiary/aromatic N) is 1. The van der Waals surface area contributed by atoms with Crippen molar-refractivity contribution in [2.45, 2.75) is 44.0 Å². The predicted octanol–water partition coefficient (Wildman–Crippen LogP) is 3.27. The van der Waals surface area contributed by atoms with Gasteiger partial charge in [-0.2, -0.15) is 0 Å². The zero-order valence-corrected chi connectivity index (χ0v) is 12.3. The van der Waals surface area contributed by atoms with Crippen LogP contribution in [-0.2, 0) is 21.6 Å². The van der Waals surface area contributed by atoms with Gasteiger partial charge in [0.25, 0.3) is 6.47 Å². The van der Waals surface area contributed by atoms with Gasteiger partial charge < -0.3 is 4.74 Å². The van der Waals surface area contributed by atoms with Crippen LogP contribution in [0, 0.1) is 0 Å². The van der Waals surface area contributed by atoms with Gasteiger partial charge in [0.15, 0.2) is 0 Å². The molecule has 16 heavy (non-hydrogen) atoms. The summed E-state index contributed by atoms with van der Waals surface area (Å²) in [6.07, 6.45) is 0.860. The third kappa shape index (κ3) is 3.56. The molecule has 0 aromatic carbocycles. The van der Waals surface area contributed by atoms with Crippen LogP contribution < -0.4 is 0 Å². The summed E-state index contributed by atoms with van der Waals surface area (Å²) >= 11 is 5.20. The lowest BCUT2D eigenvalue weighted by Gasteiger charge is -2.23. The minimum atomic E-state index is -0.657. The summed E-state index contributed by atoms with van der Waals surface area (Å²) in [6, 6.07) is 0. The molecule has 0 amide bonds. The number of rotatable bonds is 5. The molecule has 0 saturated carbocycles. The molecule has 0 aliphatic carbocycles. The maximum atomic E-state index is 10.5. The van der Waals surface area contributed by atoms with E-state index in [1.165, 1.54) is 0 Å². The summed E-state index contributed by atoms with van der Waals surface area (Å²) in [6.45, 7) is 8.37. The number of alkyl halides is 1. The van der Waals surface area contributed by atoms with E-state index < -0.39 is 5.60 Å². The highest BCUT2D eigenvalue weighted by Crippen LogP contribution is 2.32. The predicted molar refractivity (Wildman–Crippen MR) is 69.0 cm³/mol. The van der Waals surface area contributed by atoms with Crippen molar-refractivity contribution in [2.24, 2.45) is 0 Å². The van der Waals surface area contributed by atoms with E-state index in [2.05, 4.69) is 34.8 Å². The summed E-state index contributed by atoms with van der Waals surface area (Å²) < 4.78 is 5.10. The number of aromatic nitrogens is 1.